The van der Waals surface area contributed by atoms with Crippen molar-refractivity contribution < 1.29 is 18.8 Å². The SMILES string of the molecule is Cc1nnc(-c2ccc(Oc3cc(-c4nc([C@H]5CC(=O)N(C6CC6)C5)no4)ccc3[C@@H](C)N3CCCC3=O)cc2)s1. The van der Waals surface area contributed by atoms with Crippen molar-refractivity contribution in [3.05, 3.63) is 58.9 Å². The summed E-state index contributed by atoms with van der Waals surface area (Å²) >= 11 is 1.54. The Kier molecular flexibility index (Phi) is 6.53. The molecule has 2 aliphatic heterocycles. The van der Waals surface area contributed by atoms with Gasteiger partial charge in [0.1, 0.15) is 21.5 Å². The van der Waals surface area contributed by atoms with Crippen LogP contribution in [0.2, 0.25) is 0 Å². The average Bonchev–Trinajstić information content (AvgIpc) is 3.33. The molecular formula is C30H30N6O4S. The third-order valence-electron chi connectivity index (χ3n) is 8.10. The summed E-state index contributed by atoms with van der Waals surface area (Å²) in [6.07, 6.45) is 4.00. The van der Waals surface area contributed by atoms with Gasteiger partial charge in [-0.3, -0.25) is 9.59 Å². The first-order valence-corrected chi connectivity index (χ1v) is 14.9. The van der Waals surface area contributed by atoms with Crippen molar-refractivity contribution in [1.82, 2.24) is 30.1 Å². The van der Waals surface area contributed by atoms with Gasteiger partial charge in [0, 0.05) is 54.6 Å². The van der Waals surface area contributed by atoms with Crippen LogP contribution in [0.25, 0.3) is 22.0 Å². The van der Waals surface area contributed by atoms with E-state index in [1.165, 1.54) is 0 Å². The fraction of sp³-hybridized carbons (Fsp3) is 0.400. The second kappa shape index (κ2) is 10.4. The van der Waals surface area contributed by atoms with E-state index in [1.54, 1.807) is 11.3 Å². The maximum Gasteiger partial charge on any atom is 0.258 e. The topological polar surface area (TPSA) is 115 Å². The number of nitrogens with zero attached hydrogens (tertiary/aromatic N) is 6. The molecule has 7 rings (SSSR count). The maximum absolute atomic E-state index is 12.6. The van der Waals surface area contributed by atoms with Crippen LogP contribution in [0.4, 0.5) is 0 Å². The molecule has 0 unspecified atom stereocenters. The van der Waals surface area contributed by atoms with Gasteiger partial charge in [0.05, 0.1) is 6.04 Å². The van der Waals surface area contributed by atoms with Crippen molar-refractivity contribution >= 4 is 23.2 Å². The predicted octanol–water partition coefficient (Wildman–Crippen LogP) is 5.52. The van der Waals surface area contributed by atoms with Crippen molar-refractivity contribution in [3.8, 4) is 33.5 Å². The van der Waals surface area contributed by atoms with E-state index in [9.17, 15) is 9.59 Å². The van der Waals surface area contributed by atoms with E-state index in [4.69, 9.17) is 9.26 Å². The van der Waals surface area contributed by atoms with Gasteiger partial charge in [0.25, 0.3) is 5.89 Å². The number of hydrogen-bond donors (Lipinski definition) is 0. The Hall–Kier alpha value is -4.12. The van der Waals surface area contributed by atoms with Crippen molar-refractivity contribution in [1.29, 1.82) is 0 Å². The highest BCUT2D eigenvalue weighted by Crippen LogP contribution is 2.39. The first-order valence-electron chi connectivity index (χ1n) is 14.1. The summed E-state index contributed by atoms with van der Waals surface area (Å²) < 4.78 is 12.1. The Morgan fingerprint density at radius 2 is 1.85 bits per heavy atom. The minimum Gasteiger partial charge on any atom is -0.457 e. The molecule has 0 bridgehead atoms. The number of carbonyl (C=O) groups is 2. The number of aryl methyl sites for hydroxylation is 1. The van der Waals surface area contributed by atoms with Gasteiger partial charge in [0.15, 0.2) is 5.82 Å². The monoisotopic (exact) mass is 570 g/mol. The summed E-state index contributed by atoms with van der Waals surface area (Å²) in [6, 6.07) is 13.7. The van der Waals surface area contributed by atoms with E-state index in [1.807, 2.05) is 66.1 Å². The van der Waals surface area contributed by atoms with Crippen LogP contribution in [0.1, 0.15) is 67.4 Å². The third-order valence-corrected chi connectivity index (χ3v) is 8.98. The molecule has 10 nitrogen and oxygen atoms in total. The maximum atomic E-state index is 12.6. The number of amides is 2. The van der Waals surface area contributed by atoms with Crippen LogP contribution in [0, 0.1) is 6.92 Å². The lowest BCUT2D eigenvalue weighted by atomic mass is 10.0. The molecule has 210 valence electrons. The third kappa shape index (κ3) is 5.10. The lowest BCUT2D eigenvalue weighted by molar-refractivity contribution is -0.129. The number of rotatable bonds is 8. The molecule has 2 aromatic heterocycles. The number of carbonyl (C=O) groups excluding carboxylic acids is 2. The molecule has 11 heteroatoms. The Bertz CT molecular complexity index is 1610. The molecule has 0 radical (unpaired) electrons. The summed E-state index contributed by atoms with van der Waals surface area (Å²) in [7, 11) is 0. The zero-order chi connectivity index (χ0) is 28.1. The average molecular weight is 571 g/mol. The first kappa shape index (κ1) is 25.8. The van der Waals surface area contributed by atoms with Crippen molar-refractivity contribution in [2.24, 2.45) is 0 Å². The number of hydrogen-bond acceptors (Lipinski definition) is 9. The van der Waals surface area contributed by atoms with Crippen LogP contribution >= 0.6 is 11.3 Å². The van der Waals surface area contributed by atoms with Gasteiger partial charge in [0.2, 0.25) is 11.8 Å². The number of aromatic nitrogens is 4. The van der Waals surface area contributed by atoms with Gasteiger partial charge in [-0.25, -0.2) is 0 Å². The number of ether oxygens (including phenoxy) is 1. The molecule has 0 spiro atoms. The van der Waals surface area contributed by atoms with E-state index in [2.05, 4.69) is 20.3 Å². The summed E-state index contributed by atoms with van der Waals surface area (Å²) in [6.45, 7) is 5.33. The lowest BCUT2D eigenvalue weighted by Crippen LogP contribution is -2.28. The molecule has 3 aliphatic rings. The normalized spacial score (nSPS) is 19.8. The molecule has 4 heterocycles. The minimum absolute atomic E-state index is 0.0628. The molecule has 4 aromatic rings. The van der Waals surface area contributed by atoms with E-state index in [0.29, 0.717) is 54.2 Å². The van der Waals surface area contributed by atoms with Gasteiger partial charge in [-0.2, -0.15) is 4.98 Å². The zero-order valence-corrected chi connectivity index (χ0v) is 23.8. The summed E-state index contributed by atoms with van der Waals surface area (Å²) in [5, 5.41) is 14.3. The quantitative estimate of drug-likeness (QED) is 0.272. The smallest absolute Gasteiger partial charge is 0.258 e. The molecule has 2 aromatic carbocycles. The van der Waals surface area contributed by atoms with Crippen molar-refractivity contribution in [3.63, 3.8) is 0 Å². The number of likely N-dealkylation sites (tertiary alicyclic amines) is 2. The highest BCUT2D eigenvalue weighted by Gasteiger charge is 2.41. The highest BCUT2D eigenvalue weighted by atomic mass is 32.1. The van der Waals surface area contributed by atoms with Gasteiger partial charge < -0.3 is 19.1 Å². The van der Waals surface area contributed by atoms with E-state index >= 15 is 0 Å². The summed E-state index contributed by atoms with van der Waals surface area (Å²) in [4.78, 5) is 33.6. The summed E-state index contributed by atoms with van der Waals surface area (Å²) in [5.41, 5.74) is 2.58. The predicted molar refractivity (Wildman–Crippen MR) is 151 cm³/mol. The molecule has 1 aliphatic carbocycles. The van der Waals surface area contributed by atoms with Crippen LogP contribution in [0.3, 0.4) is 0 Å². The Morgan fingerprint density at radius 1 is 1.05 bits per heavy atom. The fourth-order valence-corrected chi connectivity index (χ4v) is 6.41. The fourth-order valence-electron chi connectivity index (χ4n) is 5.71. The van der Waals surface area contributed by atoms with E-state index in [0.717, 1.165) is 46.9 Å². The Labute approximate surface area is 241 Å². The molecule has 0 N–H and O–H groups in total. The van der Waals surface area contributed by atoms with Crippen molar-refractivity contribution in [2.75, 3.05) is 13.1 Å². The first-order chi connectivity index (χ1) is 19.9. The number of benzene rings is 2. The molecule has 2 saturated heterocycles. The zero-order valence-electron chi connectivity index (χ0n) is 22.9. The van der Waals surface area contributed by atoms with Crippen LogP contribution in [-0.2, 0) is 9.59 Å². The van der Waals surface area contributed by atoms with Crippen LogP contribution in [0.15, 0.2) is 47.0 Å². The van der Waals surface area contributed by atoms with Gasteiger partial charge in [-0.15, -0.1) is 10.2 Å². The standard InChI is InChI=1S/C30H30N6O4S/c1-17(35-13-3-4-26(35)37)24-12-7-20(29-31-28(34-40-29)21-15-27(38)36(16-21)22-8-9-22)14-25(24)39-23-10-5-19(6-11-23)30-33-32-18(2)41-30/h5-7,10-12,14,17,21-22H,3-4,8-9,13,15-16H2,1-2H3/t17-,21+/m1/s1. The van der Waals surface area contributed by atoms with Crippen molar-refractivity contribution in [2.45, 2.75) is 64.0 Å². The highest BCUT2D eigenvalue weighted by molar-refractivity contribution is 7.14. The van der Waals surface area contributed by atoms with E-state index in [-0.39, 0.29) is 23.8 Å². The molecular weight excluding hydrogens is 540 g/mol. The van der Waals surface area contributed by atoms with Crippen LogP contribution in [-0.4, -0.2) is 61.1 Å². The minimum atomic E-state index is -0.158. The Balaban J connectivity index is 1.17. The molecule has 1 saturated carbocycles. The van der Waals surface area contributed by atoms with Gasteiger partial charge >= 0.3 is 0 Å². The molecule has 3 fully saturated rings. The van der Waals surface area contributed by atoms with Gasteiger partial charge in [-0.05, 0) is 69.5 Å². The van der Waals surface area contributed by atoms with Gasteiger partial charge in [-0.1, -0.05) is 22.6 Å². The molecule has 2 atom stereocenters. The largest absolute Gasteiger partial charge is 0.457 e. The second-order valence-corrected chi connectivity index (χ2v) is 12.2. The Morgan fingerprint density at radius 3 is 2.56 bits per heavy atom. The molecule has 41 heavy (non-hydrogen) atoms. The van der Waals surface area contributed by atoms with Crippen LogP contribution < -0.4 is 4.74 Å². The van der Waals surface area contributed by atoms with E-state index < -0.39 is 0 Å². The lowest BCUT2D eigenvalue weighted by Gasteiger charge is -2.26. The summed E-state index contributed by atoms with van der Waals surface area (Å²) in [5.74, 6) is 2.46. The molecule has 2 amide bonds. The second-order valence-electron chi connectivity index (χ2n) is 11.0. The van der Waals surface area contributed by atoms with Crippen LogP contribution in [0.5, 0.6) is 11.5 Å².